The van der Waals surface area contributed by atoms with E-state index in [1.165, 1.54) is 38.8 Å². The molecule has 1 N–H and O–H groups in total. The molecular formula is C14H30N2. The summed E-state index contributed by atoms with van der Waals surface area (Å²) in [6, 6.07) is 0.612. The Morgan fingerprint density at radius 1 is 1.25 bits per heavy atom. The maximum Gasteiger partial charge on any atom is 0.0306 e. The molecule has 1 saturated heterocycles. The van der Waals surface area contributed by atoms with Crippen LogP contribution in [0.5, 0.6) is 0 Å². The van der Waals surface area contributed by atoms with E-state index in [1.54, 1.807) is 0 Å². The Kier molecular flexibility index (Phi) is 5.26. The van der Waals surface area contributed by atoms with Crippen molar-refractivity contribution < 1.29 is 0 Å². The van der Waals surface area contributed by atoms with Gasteiger partial charge in [-0.3, -0.25) is 4.90 Å². The summed E-state index contributed by atoms with van der Waals surface area (Å²) >= 11 is 0. The first-order valence-corrected chi connectivity index (χ1v) is 6.94. The minimum absolute atomic E-state index is 0.300. The molecule has 1 fully saturated rings. The molecule has 0 amide bonds. The van der Waals surface area contributed by atoms with Crippen LogP contribution < -0.4 is 5.32 Å². The van der Waals surface area contributed by atoms with Crippen molar-refractivity contribution in [3.63, 3.8) is 0 Å². The summed E-state index contributed by atoms with van der Waals surface area (Å²) in [6.45, 7) is 12.0. The second kappa shape index (κ2) is 6.02. The Bertz CT molecular complexity index is 195. The summed E-state index contributed by atoms with van der Waals surface area (Å²) in [7, 11) is 2.12. The van der Waals surface area contributed by atoms with Gasteiger partial charge in [-0.2, -0.15) is 0 Å². The minimum Gasteiger partial charge on any atom is -0.315 e. The van der Waals surface area contributed by atoms with Gasteiger partial charge in [-0.25, -0.2) is 0 Å². The molecule has 0 aromatic rings. The van der Waals surface area contributed by atoms with Crippen molar-refractivity contribution >= 4 is 0 Å². The van der Waals surface area contributed by atoms with E-state index in [2.05, 4.69) is 45.0 Å². The monoisotopic (exact) mass is 226 g/mol. The maximum atomic E-state index is 3.54. The van der Waals surface area contributed by atoms with Crippen LogP contribution in [0.4, 0.5) is 0 Å². The summed E-state index contributed by atoms with van der Waals surface area (Å²) < 4.78 is 0. The van der Waals surface area contributed by atoms with Crippen molar-refractivity contribution in [2.75, 3.05) is 20.1 Å². The highest BCUT2D eigenvalue weighted by molar-refractivity contribution is 4.95. The van der Waals surface area contributed by atoms with Crippen molar-refractivity contribution in [1.29, 1.82) is 0 Å². The van der Waals surface area contributed by atoms with Crippen molar-refractivity contribution in [3.05, 3.63) is 0 Å². The molecule has 0 aromatic carbocycles. The Morgan fingerprint density at radius 3 is 2.25 bits per heavy atom. The van der Waals surface area contributed by atoms with Crippen LogP contribution in [0.25, 0.3) is 0 Å². The van der Waals surface area contributed by atoms with Gasteiger partial charge in [0.25, 0.3) is 0 Å². The van der Waals surface area contributed by atoms with Gasteiger partial charge in [-0.05, 0) is 59.2 Å². The fourth-order valence-corrected chi connectivity index (χ4v) is 2.84. The zero-order chi connectivity index (χ0) is 12.2. The van der Waals surface area contributed by atoms with E-state index in [4.69, 9.17) is 0 Å². The van der Waals surface area contributed by atoms with Crippen LogP contribution in [0.15, 0.2) is 0 Å². The van der Waals surface area contributed by atoms with E-state index in [9.17, 15) is 0 Å². The second-order valence-corrected chi connectivity index (χ2v) is 5.94. The molecule has 1 aliphatic heterocycles. The van der Waals surface area contributed by atoms with Crippen LogP contribution in [0.1, 0.15) is 53.4 Å². The quantitative estimate of drug-likeness (QED) is 0.749. The molecule has 1 aliphatic rings. The molecule has 2 nitrogen and oxygen atoms in total. The molecule has 0 spiro atoms. The number of hydrogen-bond acceptors (Lipinski definition) is 2. The summed E-state index contributed by atoms with van der Waals surface area (Å²) in [5.41, 5.74) is 0.300. The molecule has 2 unspecified atom stereocenters. The predicted molar refractivity (Wildman–Crippen MR) is 71.8 cm³/mol. The highest BCUT2D eigenvalue weighted by atomic mass is 15.2. The van der Waals surface area contributed by atoms with Crippen LogP contribution in [0.2, 0.25) is 0 Å². The van der Waals surface area contributed by atoms with Crippen molar-refractivity contribution in [2.24, 2.45) is 5.92 Å². The van der Waals surface area contributed by atoms with Gasteiger partial charge in [0.2, 0.25) is 0 Å². The van der Waals surface area contributed by atoms with Gasteiger partial charge >= 0.3 is 0 Å². The highest BCUT2D eigenvalue weighted by Crippen LogP contribution is 2.28. The molecular weight excluding hydrogens is 196 g/mol. The van der Waals surface area contributed by atoms with Gasteiger partial charge in [-0.15, -0.1) is 0 Å². The summed E-state index contributed by atoms with van der Waals surface area (Å²) in [6.07, 6.45) is 5.33. The van der Waals surface area contributed by atoms with E-state index < -0.39 is 0 Å². The fraction of sp³-hybridized carbons (Fsp3) is 1.00. The van der Waals surface area contributed by atoms with Crippen LogP contribution in [0, 0.1) is 5.92 Å². The lowest BCUT2D eigenvalue weighted by Gasteiger charge is -2.43. The summed E-state index contributed by atoms with van der Waals surface area (Å²) in [5, 5.41) is 3.54. The standard InChI is InChI=1S/C14H30N2/c1-6-12(2)11-13(15-5)14(3,4)16-9-7-8-10-16/h12-13,15H,6-11H2,1-5H3. The summed E-state index contributed by atoms with van der Waals surface area (Å²) in [5.74, 6) is 0.819. The molecule has 0 bridgehead atoms. The molecule has 0 aromatic heterocycles. The smallest absolute Gasteiger partial charge is 0.0306 e. The van der Waals surface area contributed by atoms with E-state index >= 15 is 0 Å². The normalized spacial score (nSPS) is 22.3. The molecule has 16 heavy (non-hydrogen) atoms. The summed E-state index contributed by atoms with van der Waals surface area (Å²) in [4.78, 5) is 2.66. The number of likely N-dealkylation sites (tertiary alicyclic amines) is 1. The third kappa shape index (κ3) is 3.21. The molecule has 1 heterocycles. The SMILES string of the molecule is CCC(C)CC(NC)C(C)(C)N1CCCC1. The van der Waals surface area contributed by atoms with Crippen LogP contribution in [-0.2, 0) is 0 Å². The van der Waals surface area contributed by atoms with E-state index in [0.717, 1.165) is 5.92 Å². The van der Waals surface area contributed by atoms with Gasteiger partial charge in [-0.1, -0.05) is 20.3 Å². The highest BCUT2D eigenvalue weighted by Gasteiger charge is 2.36. The van der Waals surface area contributed by atoms with Crippen LogP contribution in [-0.4, -0.2) is 36.6 Å². The Morgan fingerprint density at radius 2 is 1.81 bits per heavy atom. The Balaban J connectivity index is 2.61. The Labute approximate surface area is 102 Å². The second-order valence-electron chi connectivity index (χ2n) is 5.94. The van der Waals surface area contributed by atoms with Gasteiger partial charge in [0.15, 0.2) is 0 Å². The Hall–Kier alpha value is -0.0800. The van der Waals surface area contributed by atoms with E-state index in [-0.39, 0.29) is 0 Å². The van der Waals surface area contributed by atoms with E-state index in [1.807, 2.05) is 0 Å². The number of likely N-dealkylation sites (N-methyl/N-ethyl adjacent to an activating group) is 1. The first-order valence-electron chi connectivity index (χ1n) is 6.94. The molecule has 0 saturated carbocycles. The third-order valence-corrected chi connectivity index (χ3v) is 4.46. The van der Waals surface area contributed by atoms with Gasteiger partial charge in [0.05, 0.1) is 0 Å². The van der Waals surface area contributed by atoms with Crippen molar-refractivity contribution in [3.8, 4) is 0 Å². The predicted octanol–water partition coefficient (Wildman–Crippen LogP) is 2.89. The largest absolute Gasteiger partial charge is 0.315 e. The van der Waals surface area contributed by atoms with Crippen LogP contribution in [0.3, 0.4) is 0 Å². The fourth-order valence-electron chi connectivity index (χ4n) is 2.84. The first kappa shape index (κ1) is 14.0. The van der Waals surface area contributed by atoms with E-state index in [0.29, 0.717) is 11.6 Å². The lowest BCUT2D eigenvalue weighted by Crippen LogP contribution is -2.56. The van der Waals surface area contributed by atoms with Crippen molar-refractivity contribution in [2.45, 2.75) is 65.0 Å². The topological polar surface area (TPSA) is 15.3 Å². The average Bonchev–Trinajstić information content (AvgIpc) is 2.78. The molecule has 1 rings (SSSR count). The van der Waals surface area contributed by atoms with Crippen LogP contribution >= 0.6 is 0 Å². The first-order chi connectivity index (χ1) is 7.52. The number of rotatable bonds is 6. The third-order valence-electron chi connectivity index (χ3n) is 4.46. The molecule has 96 valence electrons. The lowest BCUT2D eigenvalue weighted by atomic mass is 9.85. The number of hydrogen-bond donors (Lipinski definition) is 1. The minimum atomic E-state index is 0.300. The number of nitrogens with one attached hydrogen (secondary N) is 1. The van der Waals surface area contributed by atoms with Crippen molar-refractivity contribution in [1.82, 2.24) is 10.2 Å². The zero-order valence-corrected chi connectivity index (χ0v) is 11.8. The molecule has 2 heteroatoms. The average molecular weight is 226 g/mol. The van der Waals surface area contributed by atoms with Gasteiger partial charge in [0.1, 0.15) is 0 Å². The number of nitrogens with zero attached hydrogens (tertiary/aromatic N) is 1. The zero-order valence-electron chi connectivity index (χ0n) is 11.8. The van der Waals surface area contributed by atoms with Gasteiger partial charge in [0, 0.05) is 11.6 Å². The molecule has 2 atom stereocenters. The lowest BCUT2D eigenvalue weighted by molar-refractivity contribution is 0.0983. The van der Waals surface area contributed by atoms with Gasteiger partial charge < -0.3 is 5.32 Å². The molecule has 0 radical (unpaired) electrons. The molecule has 0 aliphatic carbocycles. The maximum absolute atomic E-state index is 3.54.